The van der Waals surface area contributed by atoms with Crippen molar-refractivity contribution < 1.29 is 0 Å². The molecule has 110 valence electrons. The highest BCUT2D eigenvalue weighted by molar-refractivity contribution is 5.79. The van der Waals surface area contributed by atoms with Gasteiger partial charge in [0.05, 0.1) is 0 Å². The van der Waals surface area contributed by atoms with Crippen molar-refractivity contribution >= 4 is 17.3 Å². The van der Waals surface area contributed by atoms with Gasteiger partial charge in [0.2, 0.25) is 0 Å². The standard InChI is InChI=1S/C17H22N4/c1-12-8-6-7-9-14(12)20-13(2)21(17(3,4)5)16-15(20)18-10-11-19-16/h6-11,13H,1-5H3/t13-/m1/s1. The molecule has 2 aromatic rings. The van der Waals surface area contributed by atoms with Gasteiger partial charge in [0.25, 0.3) is 0 Å². The third-order valence-electron chi connectivity index (χ3n) is 3.96. The summed E-state index contributed by atoms with van der Waals surface area (Å²) in [7, 11) is 0. The van der Waals surface area contributed by atoms with Gasteiger partial charge in [-0.25, -0.2) is 9.97 Å². The van der Waals surface area contributed by atoms with Gasteiger partial charge in [-0.05, 0) is 46.2 Å². The van der Waals surface area contributed by atoms with E-state index in [2.05, 4.69) is 78.7 Å². The molecule has 4 heteroatoms. The number of para-hydroxylation sites is 1. The highest BCUT2D eigenvalue weighted by Gasteiger charge is 2.41. The number of benzene rings is 1. The van der Waals surface area contributed by atoms with Crippen molar-refractivity contribution in [3.05, 3.63) is 42.2 Å². The first kappa shape index (κ1) is 13.9. The Kier molecular flexibility index (Phi) is 3.12. The third-order valence-corrected chi connectivity index (χ3v) is 3.96. The van der Waals surface area contributed by atoms with Gasteiger partial charge >= 0.3 is 0 Å². The Morgan fingerprint density at radius 2 is 1.62 bits per heavy atom. The average molecular weight is 282 g/mol. The lowest BCUT2D eigenvalue weighted by molar-refractivity contribution is 0.465. The molecule has 0 spiro atoms. The Labute approximate surface area is 126 Å². The first-order chi connectivity index (χ1) is 9.91. The summed E-state index contributed by atoms with van der Waals surface area (Å²) in [4.78, 5) is 13.8. The molecule has 4 nitrogen and oxygen atoms in total. The zero-order valence-electron chi connectivity index (χ0n) is 13.3. The van der Waals surface area contributed by atoms with Gasteiger partial charge in [0.15, 0.2) is 11.6 Å². The molecular weight excluding hydrogens is 260 g/mol. The molecule has 3 rings (SSSR count). The van der Waals surface area contributed by atoms with Crippen LogP contribution in [0.5, 0.6) is 0 Å². The molecule has 1 aromatic carbocycles. The van der Waals surface area contributed by atoms with E-state index in [0.29, 0.717) is 0 Å². The van der Waals surface area contributed by atoms with Crippen molar-refractivity contribution in [1.29, 1.82) is 0 Å². The fraction of sp³-hybridized carbons (Fsp3) is 0.412. The Balaban J connectivity index is 2.18. The van der Waals surface area contributed by atoms with E-state index in [0.717, 1.165) is 11.6 Å². The van der Waals surface area contributed by atoms with Crippen LogP contribution in [0.2, 0.25) is 0 Å². The first-order valence-corrected chi connectivity index (χ1v) is 7.36. The SMILES string of the molecule is Cc1ccccc1N1c2nccnc2N(C(C)(C)C)[C@@H]1C. The zero-order valence-corrected chi connectivity index (χ0v) is 13.3. The lowest BCUT2D eigenvalue weighted by atomic mass is 10.1. The highest BCUT2D eigenvalue weighted by Crippen LogP contribution is 2.44. The minimum Gasteiger partial charge on any atom is -0.328 e. The highest BCUT2D eigenvalue weighted by atomic mass is 15.5. The van der Waals surface area contributed by atoms with Crippen LogP contribution in [-0.2, 0) is 0 Å². The number of fused-ring (bicyclic) bond motifs is 1. The summed E-state index contributed by atoms with van der Waals surface area (Å²) in [5.74, 6) is 1.90. The molecule has 0 fully saturated rings. The van der Waals surface area contributed by atoms with Gasteiger partial charge < -0.3 is 9.80 Å². The van der Waals surface area contributed by atoms with Crippen LogP contribution >= 0.6 is 0 Å². The summed E-state index contributed by atoms with van der Waals surface area (Å²) in [6, 6.07) is 8.43. The summed E-state index contributed by atoms with van der Waals surface area (Å²) in [5.41, 5.74) is 2.43. The van der Waals surface area contributed by atoms with E-state index in [1.54, 1.807) is 12.4 Å². The van der Waals surface area contributed by atoms with Crippen LogP contribution in [0.1, 0.15) is 33.3 Å². The molecule has 0 saturated carbocycles. The van der Waals surface area contributed by atoms with Crippen molar-refractivity contribution in [3.63, 3.8) is 0 Å². The quantitative estimate of drug-likeness (QED) is 0.794. The molecule has 1 aliphatic heterocycles. The summed E-state index contributed by atoms with van der Waals surface area (Å²) >= 11 is 0. The second kappa shape index (κ2) is 4.72. The molecular formula is C17H22N4. The third kappa shape index (κ3) is 2.15. The topological polar surface area (TPSA) is 32.3 Å². The maximum absolute atomic E-state index is 4.59. The Hall–Kier alpha value is -2.10. The van der Waals surface area contributed by atoms with Crippen molar-refractivity contribution in [2.24, 2.45) is 0 Å². The van der Waals surface area contributed by atoms with Crippen molar-refractivity contribution in [3.8, 4) is 0 Å². The predicted molar refractivity (Wildman–Crippen MR) is 87.0 cm³/mol. The van der Waals surface area contributed by atoms with Gasteiger partial charge in [-0.2, -0.15) is 0 Å². The molecule has 1 aromatic heterocycles. The summed E-state index contributed by atoms with van der Waals surface area (Å²) in [5, 5.41) is 0. The molecule has 1 aliphatic rings. The lowest BCUT2D eigenvalue weighted by Gasteiger charge is -2.38. The van der Waals surface area contributed by atoms with Crippen molar-refractivity contribution in [2.75, 3.05) is 9.80 Å². The second-order valence-electron chi connectivity index (χ2n) is 6.53. The Morgan fingerprint density at radius 1 is 1.00 bits per heavy atom. The Bertz CT molecular complexity index is 660. The molecule has 0 bridgehead atoms. The number of hydrogen-bond acceptors (Lipinski definition) is 4. The van der Waals surface area contributed by atoms with Crippen LogP contribution in [0.3, 0.4) is 0 Å². The van der Waals surface area contributed by atoms with Crippen LogP contribution in [0.4, 0.5) is 17.3 Å². The summed E-state index contributed by atoms with van der Waals surface area (Å²) < 4.78 is 0. The number of aryl methyl sites for hydroxylation is 1. The molecule has 0 unspecified atom stereocenters. The van der Waals surface area contributed by atoms with Gasteiger partial charge in [-0.3, -0.25) is 0 Å². The zero-order chi connectivity index (χ0) is 15.2. The monoisotopic (exact) mass is 282 g/mol. The minimum absolute atomic E-state index is 0.0123. The number of nitrogens with zero attached hydrogens (tertiary/aromatic N) is 4. The van der Waals surface area contributed by atoms with Gasteiger partial charge in [0.1, 0.15) is 6.17 Å². The smallest absolute Gasteiger partial charge is 0.178 e. The van der Waals surface area contributed by atoms with E-state index < -0.39 is 0 Å². The summed E-state index contributed by atoms with van der Waals surface area (Å²) in [6.45, 7) is 11.0. The molecule has 0 radical (unpaired) electrons. The van der Waals surface area contributed by atoms with Crippen LogP contribution in [-0.4, -0.2) is 21.7 Å². The van der Waals surface area contributed by atoms with E-state index in [-0.39, 0.29) is 11.7 Å². The summed E-state index contributed by atoms with van der Waals surface area (Å²) in [6.07, 6.45) is 3.72. The van der Waals surface area contributed by atoms with Crippen LogP contribution in [0.25, 0.3) is 0 Å². The van der Waals surface area contributed by atoms with Crippen molar-refractivity contribution in [1.82, 2.24) is 9.97 Å². The maximum Gasteiger partial charge on any atom is 0.178 e. The largest absolute Gasteiger partial charge is 0.328 e. The van der Waals surface area contributed by atoms with Crippen LogP contribution < -0.4 is 9.80 Å². The van der Waals surface area contributed by atoms with E-state index >= 15 is 0 Å². The fourth-order valence-electron chi connectivity index (χ4n) is 3.16. The molecule has 0 saturated heterocycles. The number of hydrogen-bond donors (Lipinski definition) is 0. The maximum atomic E-state index is 4.59. The van der Waals surface area contributed by atoms with Gasteiger partial charge in [-0.1, -0.05) is 18.2 Å². The lowest BCUT2D eigenvalue weighted by Crippen LogP contribution is -2.49. The number of anilines is 3. The molecule has 2 heterocycles. The van der Waals surface area contributed by atoms with Crippen LogP contribution in [0, 0.1) is 6.92 Å². The fourth-order valence-corrected chi connectivity index (χ4v) is 3.16. The van der Waals surface area contributed by atoms with Gasteiger partial charge in [0, 0.05) is 23.6 Å². The van der Waals surface area contributed by atoms with Crippen LogP contribution in [0.15, 0.2) is 36.7 Å². The molecule has 0 amide bonds. The first-order valence-electron chi connectivity index (χ1n) is 7.36. The Morgan fingerprint density at radius 3 is 2.24 bits per heavy atom. The van der Waals surface area contributed by atoms with E-state index in [1.165, 1.54) is 11.3 Å². The van der Waals surface area contributed by atoms with Crippen molar-refractivity contribution in [2.45, 2.75) is 46.3 Å². The molecule has 0 N–H and O–H groups in total. The average Bonchev–Trinajstić information content (AvgIpc) is 2.71. The minimum atomic E-state index is -0.0123. The normalized spacial score (nSPS) is 18.0. The number of aromatic nitrogens is 2. The van der Waals surface area contributed by atoms with E-state index in [4.69, 9.17) is 0 Å². The van der Waals surface area contributed by atoms with Gasteiger partial charge in [-0.15, -0.1) is 0 Å². The molecule has 21 heavy (non-hydrogen) atoms. The second-order valence-corrected chi connectivity index (χ2v) is 6.53. The molecule has 1 atom stereocenters. The number of rotatable bonds is 1. The van der Waals surface area contributed by atoms with E-state index in [9.17, 15) is 0 Å². The van der Waals surface area contributed by atoms with E-state index in [1.807, 2.05) is 0 Å². The predicted octanol–water partition coefficient (Wildman–Crippen LogP) is 3.89. The molecule has 0 aliphatic carbocycles.